The molecule has 1 aromatic rings. The minimum Gasteiger partial charge on any atom is -0.469 e. The fourth-order valence-electron chi connectivity index (χ4n) is 2.22. The molecule has 0 saturated carbocycles. The molecule has 92 valence electrons. The van der Waals surface area contributed by atoms with Crippen molar-refractivity contribution in [1.29, 1.82) is 0 Å². The van der Waals surface area contributed by atoms with Crippen LogP contribution in [0.4, 0.5) is 0 Å². The van der Waals surface area contributed by atoms with Crippen LogP contribution in [-0.2, 0) is 11.2 Å². The van der Waals surface area contributed by atoms with Crippen LogP contribution in [0.5, 0.6) is 0 Å². The molecule has 1 amide bonds. The molecule has 0 aromatic carbocycles. The molecule has 0 spiro atoms. The van der Waals surface area contributed by atoms with Gasteiger partial charge in [-0.25, -0.2) is 0 Å². The van der Waals surface area contributed by atoms with E-state index in [1.165, 1.54) is 0 Å². The van der Waals surface area contributed by atoms with Crippen molar-refractivity contribution in [3.63, 3.8) is 0 Å². The molecule has 3 nitrogen and oxygen atoms in total. The Morgan fingerprint density at radius 3 is 3.18 bits per heavy atom. The molecule has 17 heavy (non-hydrogen) atoms. The third-order valence-corrected chi connectivity index (χ3v) is 3.05. The van der Waals surface area contributed by atoms with Gasteiger partial charge in [-0.15, -0.1) is 0 Å². The van der Waals surface area contributed by atoms with Gasteiger partial charge in [0.2, 0.25) is 5.91 Å². The highest BCUT2D eigenvalue weighted by Gasteiger charge is 2.15. The van der Waals surface area contributed by atoms with E-state index >= 15 is 0 Å². The highest BCUT2D eigenvalue weighted by molar-refractivity contribution is 5.76. The van der Waals surface area contributed by atoms with Gasteiger partial charge in [-0.3, -0.25) is 4.79 Å². The lowest BCUT2D eigenvalue weighted by atomic mass is 10.0. The molecule has 1 aromatic heterocycles. The Labute approximate surface area is 102 Å². The van der Waals surface area contributed by atoms with Gasteiger partial charge < -0.3 is 9.73 Å². The standard InChI is InChI=1S/C14H19NO2/c1-11(9-13-7-4-8-17-13)15-14(16)10-12-5-2-3-6-12/h2,4-5,7-8,11-12H,3,6,9-10H2,1H3,(H,15,16)/t11-,12+/m0/s1. The van der Waals surface area contributed by atoms with Crippen LogP contribution in [0.1, 0.15) is 31.9 Å². The fourth-order valence-corrected chi connectivity index (χ4v) is 2.22. The molecule has 0 radical (unpaired) electrons. The molecule has 1 aliphatic carbocycles. The summed E-state index contributed by atoms with van der Waals surface area (Å²) in [5.74, 6) is 1.49. The first-order valence-corrected chi connectivity index (χ1v) is 6.22. The lowest BCUT2D eigenvalue weighted by Crippen LogP contribution is -2.34. The highest BCUT2D eigenvalue weighted by Crippen LogP contribution is 2.20. The maximum Gasteiger partial charge on any atom is 0.220 e. The quantitative estimate of drug-likeness (QED) is 0.794. The van der Waals surface area contributed by atoms with Crippen molar-refractivity contribution in [1.82, 2.24) is 5.32 Å². The number of carbonyl (C=O) groups excluding carboxylic acids is 1. The second-order valence-corrected chi connectivity index (χ2v) is 4.72. The Balaban J connectivity index is 1.72. The smallest absolute Gasteiger partial charge is 0.220 e. The number of nitrogens with one attached hydrogen (secondary N) is 1. The van der Waals surface area contributed by atoms with E-state index in [9.17, 15) is 4.79 Å². The van der Waals surface area contributed by atoms with E-state index in [1.807, 2.05) is 19.1 Å². The molecule has 0 unspecified atom stereocenters. The van der Waals surface area contributed by atoms with E-state index in [4.69, 9.17) is 4.42 Å². The molecule has 0 fully saturated rings. The molecular formula is C14H19NO2. The third-order valence-electron chi connectivity index (χ3n) is 3.05. The maximum absolute atomic E-state index is 11.8. The molecule has 1 aliphatic rings. The van der Waals surface area contributed by atoms with Crippen molar-refractivity contribution in [3.05, 3.63) is 36.3 Å². The van der Waals surface area contributed by atoms with Gasteiger partial charge in [0.1, 0.15) is 5.76 Å². The average molecular weight is 233 g/mol. The molecule has 0 saturated heterocycles. The zero-order chi connectivity index (χ0) is 12.1. The summed E-state index contributed by atoms with van der Waals surface area (Å²) < 4.78 is 5.26. The Morgan fingerprint density at radius 1 is 1.65 bits per heavy atom. The van der Waals surface area contributed by atoms with Gasteiger partial charge in [-0.05, 0) is 37.8 Å². The lowest BCUT2D eigenvalue weighted by molar-refractivity contribution is -0.122. The molecule has 1 heterocycles. The van der Waals surface area contributed by atoms with E-state index in [2.05, 4.69) is 17.5 Å². The van der Waals surface area contributed by atoms with Crippen LogP contribution < -0.4 is 5.32 Å². The molecule has 3 heteroatoms. The molecule has 0 bridgehead atoms. The van der Waals surface area contributed by atoms with Crippen LogP contribution in [0.15, 0.2) is 35.0 Å². The summed E-state index contributed by atoms with van der Waals surface area (Å²) in [5.41, 5.74) is 0. The van der Waals surface area contributed by atoms with E-state index in [1.54, 1.807) is 6.26 Å². The molecule has 2 atom stereocenters. The van der Waals surface area contributed by atoms with Crippen molar-refractivity contribution in [2.45, 2.75) is 38.6 Å². The molecule has 2 rings (SSSR count). The number of hydrogen-bond acceptors (Lipinski definition) is 2. The Hall–Kier alpha value is -1.51. The summed E-state index contributed by atoms with van der Waals surface area (Å²) in [6.45, 7) is 2.00. The largest absolute Gasteiger partial charge is 0.469 e. The highest BCUT2D eigenvalue weighted by atomic mass is 16.3. The third kappa shape index (κ3) is 3.77. The number of carbonyl (C=O) groups is 1. The van der Waals surface area contributed by atoms with E-state index < -0.39 is 0 Å². The fraction of sp³-hybridized carbons (Fsp3) is 0.500. The van der Waals surface area contributed by atoms with Crippen LogP contribution in [-0.4, -0.2) is 11.9 Å². The predicted molar refractivity (Wildman–Crippen MR) is 66.5 cm³/mol. The van der Waals surface area contributed by atoms with E-state index in [0.29, 0.717) is 12.3 Å². The van der Waals surface area contributed by atoms with Crippen molar-refractivity contribution in [2.75, 3.05) is 0 Å². The van der Waals surface area contributed by atoms with Crippen molar-refractivity contribution in [3.8, 4) is 0 Å². The lowest BCUT2D eigenvalue weighted by Gasteiger charge is -2.14. The molecule has 1 N–H and O–H groups in total. The summed E-state index contributed by atoms with van der Waals surface area (Å²) in [6, 6.07) is 3.93. The van der Waals surface area contributed by atoms with Crippen molar-refractivity contribution >= 4 is 5.91 Å². The van der Waals surface area contributed by atoms with Crippen LogP contribution in [0.25, 0.3) is 0 Å². The van der Waals surface area contributed by atoms with Crippen LogP contribution in [0.3, 0.4) is 0 Å². The zero-order valence-electron chi connectivity index (χ0n) is 10.2. The summed E-state index contributed by atoms with van der Waals surface area (Å²) in [5, 5.41) is 3.01. The first-order valence-electron chi connectivity index (χ1n) is 6.22. The molecular weight excluding hydrogens is 214 g/mol. The van der Waals surface area contributed by atoms with E-state index in [-0.39, 0.29) is 11.9 Å². The van der Waals surface area contributed by atoms with Gasteiger partial charge in [0.25, 0.3) is 0 Å². The van der Waals surface area contributed by atoms with Crippen LogP contribution in [0.2, 0.25) is 0 Å². The van der Waals surface area contributed by atoms with Crippen molar-refractivity contribution < 1.29 is 9.21 Å². The van der Waals surface area contributed by atoms with Crippen LogP contribution >= 0.6 is 0 Å². The predicted octanol–water partition coefficient (Wildman–Crippen LogP) is 2.68. The average Bonchev–Trinajstić information content (AvgIpc) is 2.90. The monoisotopic (exact) mass is 233 g/mol. The minimum atomic E-state index is 0.124. The van der Waals surface area contributed by atoms with Crippen molar-refractivity contribution in [2.24, 2.45) is 5.92 Å². The van der Waals surface area contributed by atoms with Gasteiger partial charge in [0, 0.05) is 18.9 Å². The summed E-state index contributed by atoms with van der Waals surface area (Å²) in [6.07, 6.45) is 9.55. The first kappa shape index (κ1) is 12.0. The van der Waals surface area contributed by atoms with Gasteiger partial charge in [-0.2, -0.15) is 0 Å². The number of amides is 1. The second kappa shape index (κ2) is 5.71. The Bertz CT molecular complexity index is 381. The number of furan rings is 1. The Morgan fingerprint density at radius 2 is 2.53 bits per heavy atom. The SMILES string of the molecule is C[C@@H](Cc1ccco1)NC(=O)C[C@@H]1C=CCC1. The minimum absolute atomic E-state index is 0.124. The number of allylic oxidation sites excluding steroid dienone is 2. The van der Waals surface area contributed by atoms with Gasteiger partial charge in [0.15, 0.2) is 0 Å². The summed E-state index contributed by atoms with van der Waals surface area (Å²) >= 11 is 0. The van der Waals surface area contributed by atoms with Crippen LogP contribution in [0, 0.1) is 5.92 Å². The summed E-state index contributed by atoms with van der Waals surface area (Å²) in [4.78, 5) is 11.8. The second-order valence-electron chi connectivity index (χ2n) is 4.72. The Kier molecular flexibility index (Phi) is 4.02. The maximum atomic E-state index is 11.8. The molecule has 0 aliphatic heterocycles. The van der Waals surface area contributed by atoms with E-state index in [0.717, 1.165) is 25.0 Å². The normalized spacial score (nSPS) is 20.4. The zero-order valence-corrected chi connectivity index (χ0v) is 10.2. The first-order chi connectivity index (χ1) is 8.24. The summed E-state index contributed by atoms with van der Waals surface area (Å²) in [7, 11) is 0. The van der Waals surface area contributed by atoms with Gasteiger partial charge in [0.05, 0.1) is 6.26 Å². The van der Waals surface area contributed by atoms with Gasteiger partial charge in [-0.1, -0.05) is 12.2 Å². The number of hydrogen-bond donors (Lipinski definition) is 1. The van der Waals surface area contributed by atoms with Gasteiger partial charge >= 0.3 is 0 Å². The number of rotatable bonds is 5. The topological polar surface area (TPSA) is 42.2 Å².